The predicted octanol–water partition coefficient (Wildman–Crippen LogP) is 2.93. The van der Waals surface area contributed by atoms with Crippen LogP contribution in [0, 0.1) is 11.6 Å². The summed E-state index contributed by atoms with van der Waals surface area (Å²) in [6, 6.07) is 1.48. The Morgan fingerprint density at radius 3 is 2.65 bits per heavy atom. The minimum atomic E-state index is -0.868. The predicted molar refractivity (Wildman–Crippen MR) is 114 cm³/mol. The molecule has 34 heavy (non-hydrogen) atoms. The maximum Gasteiger partial charge on any atom is 0.414 e. The lowest BCUT2D eigenvalue weighted by Gasteiger charge is -2.24. The highest BCUT2D eigenvalue weighted by atomic mass is 19.1. The van der Waals surface area contributed by atoms with E-state index in [9.17, 15) is 14.4 Å². The van der Waals surface area contributed by atoms with Crippen molar-refractivity contribution in [2.24, 2.45) is 0 Å². The van der Waals surface area contributed by atoms with Gasteiger partial charge >= 0.3 is 18.1 Å². The van der Waals surface area contributed by atoms with Crippen LogP contribution in [-0.4, -0.2) is 66.8 Å². The van der Waals surface area contributed by atoms with Crippen LogP contribution in [0.15, 0.2) is 29.0 Å². The number of anilines is 3. The average Bonchev–Trinajstić information content (AvgIpc) is 3.35. The molecule has 11 nitrogen and oxygen atoms in total. The third-order valence-electron chi connectivity index (χ3n) is 5.38. The second-order valence-corrected chi connectivity index (χ2v) is 7.80. The quantitative estimate of drug-likeness (QED) is 0.672. The fraction of sp³-hybridized carbons (Fsp3) is 0.429. The lowest BCUT2D eigenvalue weighted by atomic mass is 10.1. The number of hydrogen-bond donors (Lipinski definition) is 1. The molecule has 0 unspecified atom stereocenters. The Hall–Kier alpha value is -3.74. The lowest BCUT2D eigenvalue weighted by Crippen LogP contribution is -2.37. The second kappa shape index (κ2) is 10.0. The second-order valence-electron chi connectivity index (χ2n) is 7.80. The van der Waals surface area contributed by atoms with Crippen molar-refractivity contribution >= 4 is 35.3 Å². The molecule has 182 valence electrons. The standard InChI is InChI=1S/C21H23F2N5O6/c1-13(29)2-3-15-12-27(21(31)34-15)14-10-16(22)18(17(23)11-14)26-5-6-28(33-9-7-26)20(30)25-19-24-4-8-32-19/h4,8,10-11,15H,2-3,5-7,9,12H2,1H3,(H,24,25,30)/t15-/m0/s1. The number of oxazole rings is 1. The Labute approximate surface area is 193 Å². The summed E-state index contributed by atoms with van der Waals surface area (Å²) in [6.07, 6.45) is 1.99. The van der Waals surface area contributed by atoms with Gasteiger partial charge in [0.25, 0.3) is 0 Å². The Morgan fingerprint density at radius 1 is 1.21 bits per heavy atom. The van der Waals surface area contributed by atoms with Crippen LogP contribution in [0.5, 0.6) is 0 Å². The van der Waals surface area contributed by atoms with E-state index < -0.39 is 29.9 Å². The largest absolute Gasteiger partial charge is 0.444 e. The molecule has 3 heterocycles. The van der Waals surface area contributed by atoms with Gasteiger partial charge in [-0.2, -0.15) is 0 Å². The molecule has 2 aromatic rings. The minimum Gasteiger partial charge on any atom is -0.444 e. The molecule has 1 N–H and O–H groups in total. The van der Waals surface area contributed by atoms with Gasteiger partial charge in [-0.3, -0.25) is 15.1 Å². The number of hydroxylamine groups is 2. The Bertz CT molecular complexity index is 1040. The third kappa shape index (κ3) is 5.25. The number of carbonyl (C=O) groups is 3. The first-order chi connectivity index (χ1) is 16.3. The fourth-order valence-corrected chi connectivity index (χ4v) is 3.73. The van der Waals surface area contributed by atoms with Gasteiger partial charge in [0.15, 0.2) is 11.6 Å². The maximum absolute atomic E-state index is 15.0. The minimum absolute atomic E-state index is 0.00405. The van der Waals surface area contributed by atoms with E-state index in [0.29, 0.717) is 6.42 Å². The SMILES string of the molecule is CC(=O)CC[C@H]1CN(c2cc(F)c(N3CCON(C(=O)Nc4ncco4)CC3)c(F)c2)C(=O)O1. The summed E-state index contributed by atoms with van der Waals surface area (Å²) in [5.74, 6) is -1.77. The van der Waals surface area contributed by atoms with Gasteiger partial charge in [0.2, 0.25) is 0 Å². The lowest BCUT2D eigenvalue weighted by molar-refractivity contribution is -0.117. The summed E-state index contributed by atoms with van der Waals surface area (Å²) < 4.78 is 40.2. The van der Waals surface area contributed by atoms with Gasteiger partial charge in [0.1, 0.15) is 23.8 Å². The van der Waals surface area contributed by atoms with Crippen molar-refractivity contribution < 1.29 is 37.2 Å². The summed E-state index contributed by atoms with van der Waals surface area (Å²) in [5, 5.41) is 3.43. The Kier molecular flexibility index (Phi) is 6.91. The number of nitrogens with zero attached hydrogens (tertiary/aromatic N) is 4. The van der Waals surface area contributed by atoms with Gasteiger partial charge < -0.3 is 18.8 Å². The van der Waals surface area contributed by atoms with Crippen LogP contribution >= 0.6 is 0 Å². The number of nitrogens with one attached hydrogen (secondary N) is 1. The smallest absolute Gasteiger partial charge is 0.414 e. The summed E-state index contributed by atoms with van der Waals surface area (Å²) in [6.45, 7) is 1.75. The van der Waals surface area contributed by atoms with Gasteiger partial charge in [0.05, 0.1) is 31.6 Å². The summed E-state index contributed by atoms with van der Waals surface area (Å²) in [7, 11) is 0. The van der Waals surface area contributed by atoms with E-state index in [2.05, 4.69) is 10.3 Å². The van der Waals surface area contributed by atoms with E-state index in [0.717, 1.165) is 22.1 Å². The van der Waals surface area contributed by atoms with Gasteiger partial charge in [0, 0.05) is 31.6 Å². The molecular formula is C21H23F2N5O6. The number of halogens is 2. The molecular weight excluding hydrogens is 456 g/mol. The average molecular weight is 479 g/mol. The highest BCUT2D eigenvalue weighted by Crippen LogP contribution is 2.32. The number of Topliss-reactive ketones (excluding diaryl/α,β-unsaturated/α-hetero) is 1. The maximum atomic E-state index is 15.0. The highest BCUT2D eigenvalue weighted by Gasteiger charge is 2.34. The van der Waals surface area contributed by atoms with E-state index >= 15 is 8.78 Å². The number of amides is 3. The molecule has 0 spiro atoms. The van der Waals surface area contributed by atoms with E-state index in [1.54, 1.807) is 0 Å². The van der Waals surface area contributed by atoms with Gasteiger partial charge in [-0.25, -0.2) is 28.4 Å². The van der Waals surface area contributed by atoms with Crippen molar-refractivity contribution in [3.63, 3.8) is 0 Å². The molecule has 0 radical (unpaired) electrons. The Balaban J connectivity index is 1.42. The number of benzene rings is 1. The molecule has 0 bridgehead atoms. The van der Waals surface area contributed by atoms with Crippen molar-refractivity contribution in [1.82, 2.24) is 10.0 Å². The summed E-state index contributed by atoms with van der Waals surface area (Å²) in [5.41, 5.74) is -0.268. The fourth-order valence-electron chi connectivity index (χ4n) is 3.73. The molecule has 0 aliphatic carbocycles. The zero-order valence-electron chi connectivity index (χ0n) is 18.3. The van der Waals surface area contributed by atoms with Crippen LogP contribution in [0.25, 0.3) is 0 Å². The van der Waals surface area contributed by atoms with Gasteiger partial charge in [-0.1, -0.05) is 0 Å². The molecule has 1 aromatic heterocycles. The normalized spacial score (nSPS) is 18.6. The van der Waals surface area contributed by atoms with Gasteiger partial charge in [-0.15, -0.1) is 0 Å². The van der Waals surface area contributed by atoms with Crippen LogP contribution in [0.2, 0.25) is 0 Å². The molecule has 3 amide bonds. The number of rotatable bonds is 6. The van der Waals surface area contributed by atoms with Gasteiger partial charge in [-0.05, 0) is 13.3 Å². The molecule has 13 heteroatoms. The number of carbonyl (C=O) groups excluding carboxylic acids is 3. The zero-order valence-corrected chi connectivity index (χ0v) is 18.3. The molecule has 2 aliphatic rings. The first-order valence-corrected chi connectivity index (χ1v) is 10.6. The van der Waals surface area contributed by atoms with Crippen molar-refractivity contribution in [3.05, 3.63) is 36.2 Å². The van der Waals surface area contributed by atoms with Crippen LogP contribution < -0.4 is 15.1 Å². The van der Waals surface area contributed by atoms with Crippen molar-refractivity contribution in [2.45, 2.75) is 25.9 Å². The molecule has 1 atom stereocenters. The van der Waals surface area contributed by atoms with Crippen molar-refractivity contribution in [3.8, 4) is 0 Å². The topological polar surface area (TPSA) is 117 Å². The summed E-state index contributed by atoms with van der Waals surface area (Å²) >= 11 is 0. The van der Waals surface area contributed by atoms with E-state index in [4.69, 9.17) is 14.0 Å². The number of ketones is 1. The zero-order chi connectivity index (χ0) is 24.2. The number of aromatic nitrogens is 1. The first kappa shape index (κ1) is 23.4. The van der Waals surface area contributed by atoms with Crippen LogP contribution in [0.1, 0.15) is 19.8 Å². The number of ether oxygens (including phenoxy) is 1. The monoisotopic (exact) mass is 479 g/mol. The van der Waals surface area contributed by atoms with E-state index in [1.807, 2.05) is 0 Å². The first-order valence-electron chi connectivity index (χ1n) is 10.6. The van der Waals surface area contributed by atoms with Crippen LogP contribution in [-0.2, 0) is 14.4 Å². The number of urea groups is 1. The molecule has 4 rings (SSSR count). The molecule has 0 saturated carbocycles. The number of hydrogen-bond acceptors (Lipinski definition) is 8. The van der Waals surface area contributed by atoms with E-state index in [1.165, 1.54) is 24.3 Å². The van der Waals surface area contributed by atoms with E-state index in [-0.39, 0.29) is 62.4 Å². The van der Waals surface area contributed by atoms with Crippen LogP contribution in [0.3, 0.4) is 0 Å². The molecule has 1 aromatic carbocycles. The van der Waals surface area contributed by atoms with Crippen molar-refractivity contribution in [2.75, 3.05) is 47.9 Å². The third-order valence-corrected chi connectivity index (χ3v) is 5.38. The van der Waals surface area contributed by atoms with Crippen molar-refractivity contribution in [1.29, 1.82) is 0 Å². The molecule has 2 saturated heterocycles. The summed E-state index contributed by atoms with van der Waals surface area (Å²) in [4.78, 5) is 47.4. The Morgan fingerprint density at radius 2 is 1.97 bits per heavy atom. The van der Waals surface area contributed by atoms with Crippen LogP contribution in [0.4, 0.5) is 35.8 Å². The molecule has 2 aliphatic heterocycles. The number of cyclic esters (lactones) is 1. The highest BCUT2D eigenvalue weighted by molar-refractivity contribution is 5.90. The molecule has 2 fully saturated rings.